The Bertz CT molecular complexity index is 739. The minimum Gasteiger partial charge on any atom is -0.295 e. The van der Waals surface area contributed by atoms with Crippen molar-refractivity contribution in [1.29, 1.82) is 0 Å². The molecule has 0 aliphatic carbocycles. The Morgan fingerprint density at radius 1 is 0.895 bits per heavy atom. The Hall–Kier alpha value is -2.48. The molecule has 2 heteroatoms. The highest BCUT2D eigenvalue weighted by Crippen LogP contribution is 2.12. The molecule has 0 unspecified atom stereocenters. The lowest BCUT2D eigenvalue weighted by atomic mass is 10.1. The lowest BCUT2D eigenvalue weighted by Crippen LogP contribution is -2.30. The summed E-state index contributed by atoms with van der Waals surface area (Å²) < 4.78 is 2.12. The summed E-state index contributed by atoms with van der Waals surface area (Å²) in [4.78, 5) is 11.3. The molecule has 1 aromatic heterocycles. The number of rotatable bonds is 2. The van der Waals surface area contributed by atoms with Crippen LogP contribution in [-0.4, -0.2) is 5.78 Å². The van der Waals surface area contributed by atoms with Gasteiger partial charge in [-0.3, -0.25) is 4.79 Å². The van der Waals surface area contributed by atoms with E-state index < -0.39 is 0 Å². The molecule has 0 N–H and O–H groups in total. The number of hydrogen-bond acceptors (Lipinski definition) is 1. The summed E-state index contributed by atoms with van der Waals surface area (Å²) in [6, 6.07) is 20.1. The second-order valence-corrected chi connectivity index (χ2v) is 4.54. The fourth-order valence-corrected chi connectivity index (χ4v) is 2.24. The molecule has 0 spiro atoms. The number of fused-ring (bicyclic) bond motifs is 1. The first-order chi connectivity index (χ1) is 9.25. The standard InChI is InChI=1S/C17H14NO/c1-13(19)14-8-10-16(11-9-14)18-12-4-6-15-5-2-3-7-17(15)18/h2-12H,1H3/q+1. The molecule has 3 rings (SSSR count). The molecule has 3 aromatic rings. The lowest BCUT2D eigenvalue weighted by Gasteiger charge is -2.01. The van der Waals surface area contributed by atoms with Crippen LogP contribution in [-0.2, 0) is 0 Å². The molecule has 0 bridgehead atoms. The van der Waals surface area contributed by atoms with Crippen LogP contribution < -0.4 is 4.57 Å². The van der Waals surface area contributed by atoms with E-state index >= 15 is 0 Å². The van der Waals surface area contributed by atoms with Crippen molar-refractivity contribution in [2.45, 2.75) is 6.92 Å². The highest BCUT2D eigenvalue weighted by atomic mass is 16.1. The number of Topliss-reactive ketones (excluding diaryl/α,β-unsaturated/α-hetero) is 1. The number of pyridine rings is 1. The van der Waals surface area contributed by atoms with Crippen molar-refractivity contribution in [3.05, 3.63) is 72.4 Å². The highest BCUT2D eigenvalue weighted by Gasteiger charge is 2.11. The van der Waals surface area contributed by atoms with Gasteiger partial charge in [0.2, 0.25) is 11.2 Å². The minimum atomic E-state index is 0.0921. The molecule has 0 fully saturated rings. The van der Waals surface area contributed by atoms with Gasteiger partial charge in [0.15, 0.2) is 12.0 Å². The fraction of sp³-hybridized carbons (Fsp3) is 0.0588. The predicted octanol–water partition coefficient (Wildman–Crippen LogP) is 3.32. The molecule has 0 radical (unpaired) electrons. The second-order valence-electron chi connectivity index (χ2n) is 4.54. The Balaban J connectivity index is 2.16. The predicted molar refractivity (Wildman–Crippen MR) is 75.5 cm³/mol. The summed E-state index contributed by atoms with van der Waals surface area (Å²) >= 11 is 0. The molecule has 0 saturated heterocycles. The van der Waals surface area contributed by atoms with E-state index in [2.05, 4.69) is 22.8 Å². The van der Waals surface area contributed by atoms with E-state index in [0.29, 0.717) is 0 Å². The van der Waals surface area contributed by atoms with Gasteiger partial charge in [-0.25, -0.2) is 0 Å². The first-order valence-electron chi connectivity index (χ1n) is 6.26. The van der Waals surface area contributed by atoms with E-state index in [4.69, 9.17) is 0 Å². The van der Waals surface area contributed by atoms with Gasteiger partial charge in [0.1, 0.15) is 0 Å². The summed E-state index contributed by atoms with van der Waals surface area (Å²) in [5.74, 6) is 0.0921. The average Bonchev–Trinajstić information content (AvgIpc) is 2.47. The SMILES string of the molecule is CC(=O)c1ccc(-[n+]2cccc3ccccc32)cc1. The number of benzene rings is 2. The van der Waals surface area contributed by atoms with Crippen LogP contribution in [0.5, 0.6) is 0 Å². The molecule has 19 heavy (non-hydrogen) atoms. The molecule has 0 amide bonds. The van der Waals surface area contributed by atoms with E-state index in [1.807, 2.05) is 48.7 Å². The third-order valence-electron chi connectivity index (χ3n) is 3.26. The van der Waals surface area contributed by atoms with E-state index in [1.165, 1.54) is 5.39 Å². The van der Waals surface area contributed by atoms with Crippen molar-refractivity contribution in [3.63, 3.8) is 0 Å². The quantitative estimate of drug-likeness (QED) is 0.503. The van der Waals surface area contributed by atoms with Gasteiger partial charge in [-0.05, 0) is 31.2 Å². The zero-order chi connectivity index (χ0) is 13.2. The van der Waals surface area contributed by atoms with Crippen LogP contribution in [0.15, 0.2) is 66.9 Å². The van der Waals surface area contributed by atoms with Gasteiger partial charge in [0.25, 0.3) is 0 Å². The van der Waals surface area contributed by atoms with Crippen molar-refractivity contribution in [2.75, 3.05) is 0 Å². The first kappa shape index (κ1) is 11.6. The van der Waals surface area contributed by atoms with Crippen LogP contribution in [0.2, 0.25) is 0 Å². The van der Waals surface area contributed by atoms with Gasteiger partial charge in [-0.2, -0.15) is 4.57 Å². The Morgan fingerprint density at radius 3 is 2.32 bits per heavy atom. The summed E-state index contributed by atoms with van der Waals surface area (Å²) in [6.45, 7) is 1.58. The van der Waals surface area contributed by atoms with Crippen LogP contribution in [0, 0.1) is 0 Å². The molecule has 0 aliphatic rings. The van der Waals surface area contributed by atoms with Crippen molar-refractivity contribution >= 4 is 16.7 Å². The van der Waals surface area contributed by atoms with E-state index in [9.17, 15) is 4.79 Å². The van der Waals surface area contributed by atoms with E-state index in [-0.39, 0.29) is 5.78 Å². The van der Waals surface area contributed by atoms with Crippen LogP contribution in [0.25, 0.3) is 16.6 Å². The number of nitrogens with zero attached hydrogens (tertiary/aromatic N) is 1. The van der Waals surface area contributed by atoms with Crippen molar-refractivity contribution < 1.29 is 9.36 Å². The molecule has 1 heterocycles. The average molecular weight is 248 g/mol. The lowest BCUT2D eigenvalue weighted by molar-refractivity contribution is -0.567. The van der Waals surface area contributed by atoms with Crippen molar-refractivity contribution in [2.24, 2.45) is 0 Å². The van der Waals surface area contributed by atoms with E-state index in [0.717, 1.165) is 16.8 Å². The monoisotopic (exact) mass is 248 g/mol. The summed E-state index contributed by atoms with van der Waals surface area (Å²) in [5.41, 5.74) is 2.95. The topological polar surface area (TPSA) is 20.9 Å². The maximum absolute atomic E-state index is 11.3. The molecule has 2 aromatic carbocycles. The van der Waals surface area contributed by atoms with Crippen LogP contribution in [0.3, 0.4) is 0 Å². The molecule has 0 aliphatic heterocycles. The normalized spacial score (nSPS) is 10.6. The van der Waals surface area contributed by atoms with Crippen molar-refractivity contribution in [3.8, 4) is 5.69 Å². The van der Waals surface area contributed by atoms with Gasteiger partial charge < -0.3 is 0 Å². The fourth-order valence-electron chi connectivity index (χ4n) is 2.24. The van der Waals surface area contributed by atoms with Crippen LogP contribution in [0.4, 0.5) is 0 Å². The molecule has 92 valence electrons. The number of para-hydroxylation sites is 1. The molecular formula is C17H14NO+. The maximum atomic E-state index is 11.3. The number of carbonyl (C=O) groups is 1. The molecule has 0 saturated carbocycles. The van der Waals surface area contributed by atoms with Crippen LogP contribution in [0.1, 0.15) is 17.3 Å². The van der Waals surface area contributed by atoms with Gasteiger partial charge in [-0.1, -0.05) is 12.1 Å². The van der Waals surface area contributed by atoms with Crippen molar-refractivity contribution in [1.82, 2.24) is 0 Å². The Morgan fingerprint density at radius 2 is 1.58 bits per heavy atom. The van der Waals surface area contributed by atoms with Gasteiger partial charge in [-0.15, -0.1) is 0 Å². The maximum Gasteiger partial charge on any atom is 0.218 e. The number of aromatic nitrogens is 1. The summed E-state index contributed by atoms with van der Waals surface area (Å²) in [6.07, 6.45) is 2.03. The second kappa shape index (κ2) is 4.65. The smallest absolute Gasteiger partial charge is 0.218 e. The third kappa shape index (κ3) is 2.13. The van der Waals surface area contributed by atoms with Crippen LogP contribution >= 0.6 is 0 Å². The number of hydrogen-bond donors (Lipinski definition) is 0. The third-order valence-corrected chi connectivity index (χ3v) is 3.26. The number of carbonyl (C=O) groups excluding carboxylic acids is 1. The number of ketones is 1. The Kier molecular flexibility index (Phi) is 2.84. The minimum absolute atomic E-state index is 0.0921. The zero-order valence-corrected chi connectivity index (χ0v) is 10.7. The Labute approximate surface area is 111 Å². The zero-order valence-electron chi connectivity index (χ0n) is 10.7. The molecule has 2 nitrogen and oxygen atoms in total. The van der Waals surface area contributed by atoms with Gasteiger partial charge in [0, 0.05) is 35.2 Å². The largest absolute Gasteiger partial charge is 0.295 e. The first-order valence-corrected chi connectivity index (χ1v) is 6.26. The highest BCUT2D eigenvalue weighted by molar-refractivity contribution is 5.94. The summed E-state index contributed by atoms with van der Waals surface area (Å²) in [5, 5.41) is 1.20. The van der Waals surface area contributed by atoms with E-state index in [1.54, 1.807) is 6.92 Å². The molecular weight excluding hydrogens is 234 g/mol. The molecule has 0 atom stereocenters. The summed E-state index contributed by atoms with van der Waals surface area (Å²) in [7, 11) is 0. The van der Waals surface area contributed by atoms with Gasteiger partial charge >= 0.3 is 0 Å². The van der Waals surface area contributed by atoms with Gasteiger partial charge in [0.05, 0.1) is 0 Å².